The van der Waals surface area contributed by atoms with Gasteiger partial charge in [-0.1, -0.05) is 4.13 Å². The summed E-state index contributed by atoms with van der Waals surface area (Å²) >= 11 is 0. The van der Waals surface area contributed by atoms with Crippen LogP contribution < -0.4 is 23.0 Å². The molecule has 0 saturated heterocycles. The average Bonchev–Trinajstić information content (AvgIpc) is 1.80. The molecule has 0 aliphatic heterocycles. The molecule has 0 aromatic rings. The van der Waals surface area contributed by atoms with Crippen molar-refractivity contribution >= 4 is 20.2 Å². The Morgan fingerprint density at radius 2 is 1.47 bits per heavy atom. The van der Waals surface area contributed by atoms with E-state index in [1.165, 1.54) is 0 Å². The second-order valence-electron chi connectivity index (χ2n) is 2.32. The molecular formula is C3H8F3LiN2O4S2. The molecule has 12 heteroatoms. The van der Waals surface area contributed by atoms with Gasteiger partial charge in [0.05, 0.1) is 0 Å². The molecular weight excluding hydrogens is 256 g/mol. The molecule has 0 heterocycles. The summed E-state index contributed by atoms with van der Waals surface area (Å²) in [7, 11) is -8.78. The van der Waals surface area contributed by atoms with Gasteiger partial charge in [0.2, 0.25) is 0 Å². The number of halogens is 3. The molecule has 15 heavy (non-hydrogen) atoms. The van der Waals surface area contributed by atoms with Gasteiger partial charge in [0.15, 0.2) is 0 Å². The SMILES string of the molecule is CN(C)S(=O)(=O)NS(=O)(=O)C(F)(F)F.[H-].[Li+]. The Labute approximate surface area is 98.7 Å². The van der Waals surface area contributed by atoms with Crippen molar-refractivity contribution in [1.29, 1.82) is 0 Å². The summed E-state index contributed by atoms with van der Waals surface area (Å²) in [5.41, 5.74) is -5.66. The molecule has 88 valence electrons. The maximum atomic E-state index is 11.7. The molecule has 0 bridgehead atoms. The summed E-state index contributed by atoms with van der Waals surface area (Å²) in [6, 6.07) is 0. The Bertz CT molecular complexity index is 405. The van der Waals surface area contributed by atoms with Gasteiger partial charge in [-0.25, -0.2) is 8.42 Å². The van der Waals surface area contributed by atoms with E-state index in [9.17, 15) is 30.0 Å². The van der Waals surface area contributed by atoms with E-state index in [0.29, 0.717) is 8.43 Å². The molecule has 0 spiro atoms. The zero-order valence-electron chi connectivity index (χ0n) is 9.03. The van der Waals surface area contributed by atoms with Crippen LogP contribution in [0, 0.1) is 0 Å². The van der Waals surface area contributed by atoms with Crippen molar-refractivity contribution in [3.05, 3.63) is 0 Å². The van der Waals surface area contributed by atoms with Crippen molar-refractivity contribution in [3.8, 4) is 0 Å². The molecule has 0 fully saturated rings. The fourth-order valence-electron chi connectivity index (χ4n) is 0.260. The maximum Gasteiger partial charge on any atom is 1.00 e. The maximum absolute atomic E-state index is 11.7. The Hall–Kier alpha value is 0.207. The Balaban J connectivity index is -0.000000845. The van der Waals surface area contributed by atoms with E-state index in [1.54, 1.807) is 0 Å². The second kappa shape index (κ2) is 5.03. The Morgan fingerprint density at radius 1 is 1.13 bits per heavy atom. The van der Waals surface area contributed by atoms with Gasteiger partial charge in [-0.2, -0.15) is 25.9 Å². The van der Waals surface area contributed by atoms with Crippen molar-refractivity contribution in [1.82, 2.24) is 8.43 Å². The summed E-state index contributed by atoms with van der Waals surface area (Å²) in [4.78, 5) is 0. The normalized spacial score (nSPS) is 13.7. The summed E-state index contributed by atoms with van der Waals surface area (Å²) in [6.07, 6.45) is 0. The van der Waals surface area contributed by atoms with Crippen LogP contribution in [0.25, 0.3) is 0 Å². The van der Waals surface area contributed by atoms with E-state index in [2.05, 4.69) is 0 Å². The largest absolute Gasteiger partial charge is 1.00 e. The number of nitrogens with zero attached hydrogens (tertiary/aromatic N) is 1. The quantitative estimate of drug-likeness (QED) is 0.533. The van der Waals surface area contributed by atoms with Gasteiger partial charge in [0, 0.05) is 14.1 Å². The molecule has 0 saturated carbocycles. The topological polar surface area (TPSA) is 83.6 Å². The first-order valence-electron chi connectivity index (χ1n) is 2.92. The summed E-state index contributed by atoms with van der Waals surface area (Å²) < 4.78 is 78.0. The first-order valence-corrected chi connectivity index (χ1v) is 5.85. The molecule has 0 amide bonds. The van der Waals surface area contributed by atoms with Crippen LogP contribution in [0.5, 0.6) is 0 Å². The van der Waals surface area contributed by atoms with E-state index < -0.39 is 25.7 Å². The van der Waals surface area contributed by atoms with Crippen LogP contribution in [0.1, 0.15) is 1.43 Å². The number of hydrogen-bond acceptors (Lipinski definition) is 4. The van der Waals surface area contributed by atoms with E-state index in [1.807, 2.05) is 0 Å². The van der Waals surface area contributed by atoms with Crippen LogP contribution in [-0.2, 0) is 20.2 Å². The molecule has 6 nitrogen and oxygen atoms in total. The predicted molar refractivity (Wildman–Crippen MR) is 41.8 cm³/mol. The molecule has 0 atom stereocenters. The van der Waals surface area contributed by atoms with Gasteiger partial charge >= 0.3 is 34.4 Å². The molecule has 0 rings (SSSR count). The molecule has 0 aromatic heterocycles. The van der Waals surface area contributed by atoms with Crippen molar-refractivity contribution in [2.45, 2.75) is 5.51 Å². The van der Waals surface area contributed by atoms with Gasteiger partial charge in [0.25, 0.3) is 10.2 Å². The molecule has 0 aliphatic carbocycles. The molecule has 0 unspecified atom stereocenters. The van der Waals surface area contributed by atoms with Crippen LogP contribution >= 0.6 is 0 Å². The molecule has 0 radical (unpaired) electrons. The van der Waals surface area contributed by atoms with Crippen LogP contribution in [0.3, 0.4) is 0 Å². The first kappa shape index (κ1) is 17.6. The predicted octanol–water partition coefficient (Wildman–Crippen LogP) is -3.65. The zero-order chi connectivity index (χ0) is 11.8. The molecule has 0 aliphatic rings. The standard InChI is InChI=1S/C3H7F3N2O4S2.Li.H/c1-8(2)14(11,12)7-13(9,10)3(4,5)6;;/h7H,1-2H3;;/q;+1;-1. The number of nitrogens with one attached hydrogen (secondary N) is 1. The van der Waals surface area contributed by atoms with Crippen molar-refractivity contribution in [2.24, 2.45) is 0 Å². The average molecular weight is 264 g/mol. The fraction of sp³-hybridized carbons (Fsp3) is 1.00. The minimum Gasteiger partial charge on any atom is -1.00 e. The van der Waals surface area contributed by atoms with E-state index in [4.69, 9.17) is 0 Å². The van der Waals surface area contributed by atoms with E-state index in [0.717, 1.165) is 14.1 Å². The summed E-state index contributed by atoms with van der Waals surface area (Å²) in [5.74, 6) is 0. The fourth-order valence-corrected chi connectivity index (χ4v) is 2.34. The second-order valence-corrected chi connectivity index (χ2v) is 6.14. The van der Waals surface area contributed by atoms with Gasteiger partial charge in [-0.05, 0) is 0 Å². The number of alkyl halides is 3. The van der Waals surface area contributed by atoms with E-state index >= 15 is 0 Å². The van der Waals surface area contributed by atoms with Gasteiger partial charge in [-0.15, -0.1) is 0 Å². The minimum absolute atomic E-state index is 0. The van der Waals surface area contributed by atoms with Gasteiger partial charge in [0.1, 0.15) is 0 Å². The summed E-state index contributed by atoms with van der Waals surface area (Å²) in [6.45, 7) is 0. The van der Waals surface area contributed by atoms with E-state index in [-0.39, 0.29) is 20.3 Å². The molecule has 0 aromatic carbocycles. The third-order valence-corrected chi connectivity index (χ3v) is 4.29. The van der Waals surface area contributed by atoms with Gasteiger partial charge in [-0.3, -0.25) is 0 Å². The number of sulfonamides is 1. The minimum atomic E-state index is -5.88. The van der Waals surface area contributed by atoms with Crippen molar-refractivity contribution in [3.63, 3.8) is 0 Å². The van der Waals surface area contributed by atoms with Gasteiger partial charge < -0.3 is 1.43 Å². The van der Waals surface area contributed by atoms with Crippen LogP contribution in [0.15, 0.2) is 0 Å². The smallest absolute Gasteiger partial charge is 1.00 e. The van der Waals surface area contributed by atoms with Crippen LogP contribution in [0.2, 0.25) is 0 Å². The number of rotatable bonds is 3. The zero-order valence-corrected chi connectivity index (χ0v) is 9.66. The van der Waals surface area contributed by atoms with Crippen molar-refractivity contribution in [2.75, 3.05) is 14.1 Å². The third kappa shape index (κ3) is 4.71. The van der Waals surface area contributed by atoms with Crippen LogP contribution in [0.4, 0.5) is 13.2 Å². The molecule has 1 N–H and O–H groups in total. The number of hydrogen-bond donors (Lipinski definition) is 1. The van der Waals surface area contributed by atoms with Crippen LogP contribution in [-0.4, -0.2) is 40.7 Å². The Morgan fingerprint density at radius 3 is 1.67 bits per heavy atom. The van der Waals surface area contributed by atoms with Crippen molar-refractivity contribution < 1.29 is 50.3 Å². The Kier molecular flexibility index (Phi) is 5.90. The first-order chi connectivity index (χ1) is 5.90. The summed E-state index contributed by atoms with van der Waals surface area (Å²) in [5, 5.41) is 0. The third-order valence-electron chi connectivity index (χ3n) is 1.00. The monoisotopic (exact) mass is 264 g/mol.